The standard InChI is InChI=1S/C22H24O6S/c1-15-8-10-18(11-9-15)29(25,26)14-17-13-22(20(23)27-2,21(24)28-3)12-16-6-4-5-7-19(16)17/h4-11,17H,12-14H2,1-3H3. The van der Waals surface area contributed by atoms with Crippen molar-refractivity contribution in [2.75, 3.05) is 20.0 Å². The third-order valence-electron chi connectivity index (χ3n) is 5.53. The van der Waals surface area contributed by atoms with Gasteiger partial charge in [0.2, 0.25) is 0 Å². The fraction of sp³-hybridized carbons (Fsp3) is 0.364. The molecular formula is C22H24O6S. The molecule has 0 radical (unpaired) electrons. The molecule has 0 bridgehead atoms. The predicted octanol–water partition coefficient (Wildman–Crippen LogP) is 2.83. The van der Waals surface area contributed by atoms with Crippen LogP contribution in [-0.2, 0) is 35.3 Å². The summed E-state index contributed by atoms with van der Waals surface area (Å²) in [4.78, 5) is 25.5. The highest BCUT2D eigenvalue weighted by Crippen LogP contribution is 2.45. The van der Waals surface area contributed by atoms with E-state index in [0.29, 0.717) is 0 Å². The molecule has 1 atom stereocenters. The smallest absolute Gasteiger partial charge is 0.323 e. The molecule has 1 unspecified atom stereocenters. The molecule has 0 amide bonds. The summed E-state index contributed by atoms with van der Waals surface area (Å²) in [7, 11) is -1.21. The van der Waals surface area contributed by atoms with Crippen molar-refractivity contribution in [1.82, 2.24) is 0 Å². The fourth-order valence-electron chi connectivity index (χ4n) is 4.06. The Labute approximate surface area is 170 Å². The third kappa shape index (κ3) is 3.92. The minimum atomic E-state index is -3.64. The second-order valence-corrected chi connectivity index (χ2v) is 9.47. The van der Waals surface area contributed by atoms with Crippen molar-refractivity contribution < 1.29 is 27.5 Å². The summed E-state index contributed by atoms with van der Waals surface area (Å²) >= 11 is 0. The molecule has 2 aromatic rings. The molecule has 0 N–H and O–H groups in total. The van der Waals surface area contributed by atoms with Crippen LogP contribution in [0.3, 0.4) is 0 Å². The van der Waals surface area contributed by atoms with Crippen molar-refractivity contribution in [1.29, 1.82) is 0 Å². The molecule has 1 aliphatic carbocycles. The van der Waals surface area contributed by atoms with Crippen molar-refractivity contribution in [2.45, 2.75) is 30.6 Å². The van der Waals surface area contributed by atoms with Gasteiger partial charge in [0.05, 0.1) is 24.9 Å². The number of hydrogen-bond donors (Lipinski definition) is 0. The summed E-state index contributed by atoms with van der Waals surface area (Å²) in [6, 6.07) is 13.9. The number of carbonyl (C=O) groups excluding carboxylic acids is 2. The van der Waals surface area contributed by atoms with Crippen LogP contribution in [0.1, 0.15) is 29.0 Å². The van der Waals surface area contributed by atoms with Crippen molar-refractivity contribution in [3.05, 3.63) is 65.2 Å². The molecule has 2 aromatic carbocycles. The molecular weight excluding hydrogens is 392 g/mol. The number of aryl methyl sites for hydroxylation is 1. The maximum absolute atomic E-state index is 13.1. The highest BCUT2D eigenvalue weighted by Gasteiger charge is 2.53. The Morgan fingerprint density at radius 3 is 2.17 bits per heavy atom. The maximum Gasteiger partial charge on any atom is 0.323 e. The lowest BCUT2D eigenvalue weighted by Gasteiger charge is -2.37. The Hall–Kier alpha value is -2.67. The molecule has 29 heavy (non-hydrogen) atoms. The van der Waals surface area contributed by atoms with Crippen molar-refractivity contribution in [2.24, 2.45) is 5.41 Å². The average Bonchev–Trinajstić information content (AvgIpc) is 2.72. The van der Waals surface area contributed by atoms with Crippen LogP contribution in [-0.4, -0.2) is 40.3 Å². The van der Waals surface area contributed by atoms with Crippen molar-refractivity contribution in [3.8, 4) is 0 Å². The van der Waals surface area contributed by atoms with E-state index in [0.717, 1.165) is 16.7 Å². The Kier molecular flexibility index (Phi) is 5.80. The van der Waals surface area contributed by atoms with E-state index in [2.05, 4.69) is 0 Å². The molecule has 0 saturated heterocycles. The summed E-state index contributed by atoms with van der Waals surface area (Å²) in [6.07, 6.45) is 0.123. The van der Waals surface area contributed by atoms with Gasteiger partial charge in [0.25, 0.3) is 0 Å². The topological polar surface area (TPSA) is 86.7 Å². The largest absolute Gasteiger partial charge is 0.468 e. The number of hydrogen-bond acceptors (Lipinski definition) is 6. The third-order valence-corrected chi connectivity index (χ3v) is 7.37. The van der Waals surface area contributed by atoms with E-state index in [1.54, 1.807) is 36.4 Å². The summed E-state index contributed by atoms with van der Waals surface area (Å²) < 4.78 is 36.0. The van der Waals surface area contributed by atoms with Crippen LogP contribution in [0.4, 0.5) is 0 Å². The lowest BCUT2D eigenvalue weighted by atomic mass is 9.67. The molecule has 0 fully saturated rings. The number of rotatable bonds is 5. The minimum Gasteiger partial charge on any atom is -0.468 e. The van der Waals surface area contributed by atoms with E-state index in [1.807, 2.05) is 19.1 Å². The lowest BCUT2D eigenvalue weighted by Crippen LogP contribution is -2.47. The molecule has 6 nitrogen and oxygen atoms in total. The maximum atomic E-state index is 13.1. The van der Waals surface area contributed by atoms with Gasteiger partial charge < -0.3 is 9.47 Å². The van der Waals surface area contributed by atoms with Gasteiger partial charge in [0.1, 0.15) is 0 Å². The Morgan fingerprint density at radius 1 is 1.00 bits per heavy atom. The number of benzene rings is 2. The molecule has 0 spiro atoms. The van der Waals surface area contributed by atoms with Gasteiger partial charge in [-0.25, -0.2) is 8.42 Å². The van der Waals surface area contributed by atoms with Crippen LogP contribution in [0.25, 0.3) is 0 Å². The zero-order valence-corrected chi connectivity index (χ0v) is 17.5. The Bertz CT molecular complexity index is 1010. The minimum absolute atomic E-state index is 0.00838. The fourth-order valence-corrected chi connectivity index (χ4v) is 5.63. The van der Waals surface area contributed by atoms with Gasteiger partial charge >= 0.3 is 11.9 Å². The predicted molar refractivity (Wildman–Crippen MR) is 107 cm³/mol. The van der Waals surface area contributed by atoms with Crippen LogP contribution >= 0.6 is 0 Å². The average molecular weight is 416 g/mol. The molecule has 0 heterocycles. The van der Waals surface area contributed by atoms with Gasteiger partial charge in [-0.05, 0) is 43.0 Å². The molecule has 3 rings (SSSR count). The second-order valence-electron chi connectivity index (χ2n) is 7.44. The number of sulfone groups is 1. The van der Waals surface area contributed by atoms with E-state index in [1.165, 1.54) is 14.2 Å². The summed E-state index contributed by atoms with van der Waals surface area (Å²) in [5, 5.41) is 0. The quantitative estimate of drug-likeness (QED) is 0.550. The van der Waals surface area contributed by atoms with E-state index >= 15 is 0 Å². The first kappa shape index (κ1) is 21.0. The van der Waals surface area contributed by atoms with E-state index in [-0.39, 0.29) is 23.5 Å². The van der Waals surface area contributed by atoms with Gasteiger partial charge in [0.15, 0.2) is 15.3 Å². The highest BCUT2D eigenvalue weighted by atomic mass is 32.2. The second kappa shape index (κ2) is 7.99. The van der Waals surface area contributed by atoms with Crippen LogP contribution in [0.15, 0.2) is 53.4 Å². The zero-order chi connectivity index (χ0) is 21.2. The van der Waals surface area contributed by atoms with Crippen molar-refractivity contribution >= 4 is 21.8 Å². The summed E-state index contributed by atoms with van der Waals surface area (Å²) in [6.45, 7) is 1.88. The first-order valence-electron chi connectivity index (χ1n) is 9.27. The van der Waals surface area contributed by atoms with Crippen LogP contribution in [0.2, 0.25) is 0 Å². The number of carbonyl (C=O) groups is 2. The number of esters is 2. The first-order chi connectivity index (χ1) is 13.7. The molecule has 0 saturated carbocycles. The zero-order valence-electron chi connectivity index (χ0n) is 16.7. The van der Waals surface area contributed by atoms with E-state index in [4.69, 9.17) is 9.47 Å². The number of methoxy groups -OCH3 is 2. The van der Waals surface area contributed by atoms with Gasteiger partial charge in [0, 0.05) is 5.92 Å². The molecule has 154 valence electrons. The van der Waals surface area contributed by atoms with Crippen LogP contribution < -0.4 is 0 Å². The SMILES string of the molecule is COC(=O)C1(C(=O)OC)Cc2ccccc2C(CS(=O)(=O)c2ccc(C)cc2)C1. The number of fused-ring (bicyclic) bond motifs is 1. The van der Waals surface area contributed by atoms with Gasteiger partial charge in [-0.15, -0.1) is 0 Å². The van der Waals surface area contributed by atoms with Gasteiger partial charge in [-0.1, -0.05) is 42.0 Å². The summed E-state index contributed by atoms with van der Waals surface area (Å²) in [5.41, 5.74) is 0.971. The molecule has 0 aliphatic heterocycles. The van der Waals surface area contributed by atoms with Crippen LogP contribution in [0.5, 0.6) is 0 Å². The molecule has 7 heteroatoms. The molecule has 1 aliphatic rings. The number of ether oxygens (including phenoxy) is 2. The van der Waals surface area contributed by atoms with Crippen molar-refractivity contribution in [3.63, 3.8) is 0 Å². The van der Waals surface area contributed by atoms with Gasteiger partial charge in [-0.3, -0.25) is 9.59 Å². The Balaban J connectivity index is 2.06. The van der Waals surface area contributed by atoms with E-state index in [9.17, 15) is 18.0 Å². The van der Waals surface area contributed by atoms with Gasteiger partial charge in [-0.2, -0.15) is 0 Å². The summed E-state index contributed by atoms with van der Waals surface area (Å²) in [5.74, 6) is -2.19. The Morgan fingerprint density at radius 2 is 1.59 bits per heavy atom. The normalized spacial score (nSPS) is 17.8. The monoisotopic (exact) mass is 416 g/mol. The first-order valence-corrected chi connectivity index (χ1v) is 10.9. The van der Waals surface area contributed by atoms with Crippen LogP contribution in [0, 0.1) is 12.3 Å². The highest BCUT2D eigenvalue weighted by molar-refractivity contribution is 7.91. The van der Waals surface area contributed by atoms with E-state index < -0.39 is 33.1 Å². The molecule has 0 aromatic heterocycles. The lowest BCUT2D eigenvalue weighted by molar-refractivity contribution is -0.170.